The van der Waals surface area contributed by atoms with E-state index in [-0.39, 0.29) is 16.5 Å². The highest BCUT2D eigenvalue weighted by Crippen LogP contribution is 2.21. The Morgan fingerprint density at radius 1 is 0.852 bits per heavy atom. The first-order valence-corrected chi connectivity index (χ1v) is 9.60. The molecule has 0 saturated carbocycles. The van der Waals surface area contributed by atoms with Gasteiger partial charge in [-0.1, -0.05) is 18.2 Å². The number of halogens is 1. The number of hydrogen-bond acceptors (Lipinski definition) is 4. The maximum Gasteiger partial charge on any atom is 0.264 e. The Labute approximate surface area is 155 Å². The fraction of sp³-hybridized carbons (Fsp3) is 0. The molecule has 2 aromatic carbocycles. The second-order valence-electron chi connectivity index (χ2n) is 5.88. The molecule has 0 spiro atoms. The number of sulfonamides is 1. The fourth-order valence-corrected chi connectivity index (χ4v) is 3.60. The smallest absolute Gasteiger partial charge is 0.263 e. The zero-order valence-electron chi connectivity index (χ0n) is 14.0. The molecule has 0 aliphatic rings. The summed E-state index contributed by atoms with van der Waals surface area (Å²) < 4.78 is 40.7. The van der Waals surface area contributed by atoms with Crippen LogP contribution in [0.5, 0.6) is 0 Å². The van der Waals surface area contributed by atoms with Crippen LogP contribution in [0.2, 0.25) is 0 Å². The first-order chi connectivity index (χ1) is 13.0. The number of benzene rings is 2. The number of fused-ring (bicyclic) bond motifs is 1. The molecule has 2 aromatic heterocycles. The van der Waals surface area contributed by atoms with Crippen molar-refractivity contribution >= 4 is 26.7 Å². The van der Waals surface area contributed by atoms with Gasteiger partial charge in [-0.15, -0.1) is 0 Å². The van der Waals surface area contributed by atoms with Crippen LogP contribution in [0, 0.1) is 5.82 Å². The highest BCUT2D eigenvalue weighted by Gasteiger charge is 2.16. The molecule has 4 aromatic rings. The van der Waals surface area contributed by atoms with Crippen LogP contribution in [0.4, 0.5) is 10.2 Å². The van der Waals surface area contributed by atoms with E-state index in [9.17, 15) is 12.8 Å². The number of anilines is 1. The molecule has 1 N–H and O–H groups in total. The van der Waals surface area contributed by atoms with Crippen molar-refractivity contribution < 1.29 is 12.8 Å². The van der Waals surface area contributed by atoms with Crippen LogP contribution in [0.25, 0.3) is 22.2 Å². The summed E-state index contributed by atoms with van der Waals surface area (Å²) in [6, 6.07) is 19.7. The predicted octanol–water partition coefficient (Wildman–Crippen LogP) is 4.24. The van der Waals surface area contributed by atoms with Gasteiger partial charge in [0.2, 0.25) is 0 Å². The Bertz CT molecular complexity index is 1210. The minimum atomic E-state index is -3.82. The summed E-state index contributed by atoms with van der Waals surface area (Å²) in [5.74, 6) is -0.110. The number of nitrogens with one attached hydrogen (secondary N) is 1. The van der Waals surface area contributed by atoms with Crippen LogP contribution in [-0.4, -0.2) is 18.4 Å². The van der Waals surface area contributed by atoms with E-state index in [1.54, 1.807) is 30.3 Å². The minimum absolute atomic E-state index is 0.0170. The van der Waals surface area contributed by atoms with E-state index in [2.05, 4.69) is 14.7 Å². The quantitative estimate of drug-likeness (QED) is 0.576. The van der Waals surface area contributed by atoms with Crippen molar-refractivity contribution in [2.45, 2.75) is 4.90 Å². The largest absolute Gasteiger partial charge is 0.264 e. The molecule has 134 valence electrons. The maximum absolute atomic E-state index is 13.0. The topological polar surface area (TPSA) is 72.0 Å². The Kier molecular flexibility index (Phi) is 4.29. The molecule has 0 aliphatic heterocycles. The van der Waals surface area contributed by atoms with Gasteiger partial charge in [0.1, 0.15) is 16.5 Å². The zero-order valence-corrected chi connectivity index (χ0v) is 14.8. The SMILES string of the molecule is O=S(=O)(Nc1ccc2ccccc2n1)c1ccc(-c2ccc(F)cc2)nc1. The number of pyridine rings is 2. The summed E-state index contributed by atoms with van der Waals surface area (Å²) in [6.07, 6.45) is 1.27. The first-order valence-electron chi connectivity index (χ1n) is 8.12. The maximum atomic E-state index is 13.0. The fourth-order valence-electron chi connectivity index (χ4n) is 2.65. The number of para-hydroxylation sites is 1. The van der Waals surface area contributed by atoms with Crippen LogP contribution in [0.15, 0.2) is 83.9 Å². The van der Waals surface area contributed by atoms with Gasteiger partial charge >= 0.3 is 0 Å². The summed E-state index contributed by atoms with van der Waals surface area (Å²) in [5.41, 5.74) is 1.95. The molecule has 4 rings (SSSR count). The van der Waals surface area contributed by atoms with Gasteiger partial charge in [0.15, 0.2) is 0 Å². The zero-order chi connectivity index (χ0) is 18.9. The van der Waals surface area contributed by atoms with Gasteiger partial charge in [-0.25, -0.2) is 17.8 Å². The van der Waals surface area contributed by atoms with Gasteiger partial charge in [-0.2, -0.15) is 0 Å². The summed E-state index contributed by atoms with van der Waals surface area (Å²) in [5, 5.41) is 0.922. The molecule has 0 aliphatic carbocycles. The monoisotopic (exact) mass is 379 g/mol. The van der Waals surface area contributed by atoms with Gasteiger partial charge in [-0.3, -0.25) is 9.71 Å². The molecule has 7 heteroatoms. The lowest BCUT2D eigenvalue weighted by atomic mass is 10.1. The standard InChI is InChI=1S/C20H14FN3O2S/c21-16-8-5-15(6-9-16)18-11-10-17(13-22-18)27(25,26)24-20-12-7-14-3-1-2-4-19(14)23-20/h1-13H,(H,23,24). The number of nitrogens with zero attached hydrogens (tertiary/aromatic N) is 2. The average molecular weight is 379 g/mol. The number of aromatic nitrogens is 2. The molecule has 2 heterocycles. The van der Waals surface area contributed by atoms with E-state index in [1.807, 2.05) is 24.3 Å². The first kappa shape index (κ1) is 17.1. The van der Waals surface area contributed by atoms with E-state index in [0.29, 0.717) is 16.8 Å². The number of hydrogen-bond donors (Lipinski definition) is 1. The summed E-state index contributed by atoms with van der Waals surface area (Å²) in [4.78, 5) is 8.50. The number of rotatable bonds is 4. The molecule has 0 atom stereocenters. The molecule has 0 bridgehead atoms. The lowest BCUT2D eigenvalue weighted by Gasteiger charge is -2.09. The van der Waals surface area contributed by atoms with E-state index >= 15 is 0 Å². The van der Waals surface area contributed by atoms with Crippen LogP contribution < -0.4 is 4.72 Å². The van der Waals surface area contributed by atoms with Crippen molar-refractivity contribution in [3.05, 3.63) is 84.8 Å². The van der Waals surface area contributed by atoms with Gasteiger partial charge < -0.3 is 0 Å². The molecule has 5 nitrogen and oxygen atoms in total. The summed E-state index contributed by atoms with van der Waals surface area (Å²) in [6.45, 7) is 0. The van der Waals surface area contributed by atoms with Crippen molar-refractivity contribution in [3.63, 3.8) is 0 Å². The molecular formula is C20H14FN3O2S. The van der Waals surface area contributed by atoms with E-state index in [0.717, 1.165) is 5.39 Å². The normalized spacial score (nSPS) is 11.4. The molecular weight excluding hydrogens is 365 g/mol. The van der Waals surface area contributed by atoms with E-state index in [4.69, 9.17) is 0 Å². The van der Waals surface area contributed by atoms with Gasteiger partial charge in [0.25, 0.3) is 10.0 Å². The van der Waals surface area contributed by atoms with Crippen LogP contribution >= 0.6 is 0 Å². The van der Waals surface area contributed by atoms with Crippen LogP contribution in [-0.2, 0) is 10.0 Å². The molecule has 27 heavy (non-hydrogen) atoms. The van der Waals surface area contributed by atoms with Crippen LogP contribution in [0.1, 0.15) is 0 Å². The van der Waals surface area contributed by atoms with E-state index in [1.165, 1.54) is 24.4 Å². The lowest BCUT2D eigenvalue weighted by Crippen LogP contribution is -2.14. The Morgan fingerprint density at radius 2 is 1.63 bits per heavy atom. The Balaban J connectivity index is 1.60. The van der Waals surface area contributed by atoms with Gasteiger partial charge in [0, 0.05) is 17.1 Å². The molecule has 0 unspecified atom stereocenters. The molecule has 0 saturated heterocycles. The van der Waals surface area contributed by atoms with E-state index < -0.39 is 10.0 Å². The molecule has 0 amide bonds. The second-order valence-corrected chi connectivity index (χ2v) is 7.56. The van der Waals surface area contributed by atoms with Gasteiger partial charge in [-0.05, 0) is 54.6 Å². The summed E-state index contributed by atoms with van der Waals surface area (Å²) in [7, 11) is -3.82. The third-order valence-electron chi connectivity index (χ3n) is 4.02. The molecule has 0 fully saturated rings. The van der Waals surface area contributed by atoms with Crippen molar-refractivity contribution in [3.8, 4) is 11.3 Å². The third-order valence-corrected chi connectivity index (χ3v) is 5.36. The third kappa shape index (κ3) is 3.63. The highest BCUT2D eigenvalue weighted by molar-refractivity contribution is 7.92. The average Bonchev–Trinajstić information content (AvgIpc) is 2.68. The Hall–Kier alpha value is -3.32. The van der Waals surface area contributed by atoms with Crippen molar-refractivity contribution in [2.75, 3.05) is 4.72 Å². The van der Waals surface area contributed by atoms with Crippen molar-refractivity contribution in [1.29, 1.82) is 0 Å². The van der Waals surface area contributed by atoms with Crippen LogP contribution in [0.3, 0.4) is 0 Å². The van der Waals surface area contributed by atoms with Crippen molar-refractivity contribution in [1.82, 2.24) is 9.97 Å². The summed E-state index contributed by atoms with van der Waals surface area (Å²) >= 11 is 0. The lowest BCUT2D eigenvalue weighted by molar-refractivity contribution is 0.600. The second kappa shape index (κ2) is 6.77. The highest BCUT2D eigenvalue weighted by atomic mass is 32.2. The minimum Gasteiger partial charge on any atom is -0.263 e. The Morgan fingerprint density at radius 3 is 2.37 bits per heavy atom. The molecule has 0 radical (unpaired) electrons. The predicted molar refractivity (Wildman–Crippen MR) is 102 cm³/mol. The van der Waals surface area contributed by atoms with Crippen molar-refractivity contribution in [2.24, 2.45) is 0 Å². The van der Waals surface area contributed by atoms with Gasteiger partial charge in [0.05, 0.1) is 11.2 Å².